The fourth-order valence-electron chi connectivity index (χ4n) is 5.68. The molecule has 2 saturated heterocycles. The molecule has 3 heteroatoms. The summed E-state index contributed by atoms with van der Waals surface area (Å²) in [4.78, 5) is 14.7. The summed E-state index contributed by atoms with van der Waals surface area (Å²) in [5.74, 6) is 0.301. The largest absolute Gasteiger partial charge is 0.358 e. The third kappa shape index (κ3) is 1.51. The van der Waals surface area contributed by atoms with Crippen LogP contribution in [0.3, 0.4) is 0 Å². The number of hydrogen-bond donors (Lipinski definition) is 1. The Morgan fingerprint density at radius 1 is 1.30 bits per heavy atom. The van der Waals surface area contributed by atoms with Gasteiger partial charge in [-0.2, -0.15) is 0 Å². The topological polar surface area (TPSA) is 32.3 Å². The van der Waals surface area contributed by atoms with Crippen molar-refractivity contribution in [2.75, 3.05) is 18.4 Å². The van der Waals surface area contributed by atoms with Gasteiger partial charge in [-0.05, 0) is 44.4 Å². The minimum atomic E-state index is 0.0204. The number of fused-ring (bicyclic) bond motifs is 2. The number of benzene rings is 1. The Labute approximate surface area is 137 Å². The molecule has 1 aliphatic carbocycles. The first kappa shape index (κ1) is 13.6. The summed E-state index contributed by atoms with van der Waals surface area (Å²) in [5.41, 5.74) is 6.29. The van der Waals surface area contributed by atoms with Crippen LogP contribution < -0.4 is 5.32 Å². The van der Waals surface area contributed by atoms with E-state index < -0.39 is 0 Å². The number of anilines is 1. The van der Waals surface area contributed by atoms with Crippen LogP contribution in [-0.2, 0) is 10.2 Å². The quantitative estimate of drug-likeness (QED) is 0.638. The van der Waals surface area contributed by atoms with Crippen molar-refractivity contribution >= 4 is 12.0 Å². The smallest absolute Gasteiger partial charge is 0.148 e. The fraction of sp³-hybridized carbons (Fsp3) is 0.450. The second-order valence-corrected chi connectivity index (χ2v) is 7.29. The van der Waals surface area contributed by atoms with E-state index in [1.165, 1.54) is 22.5 Å². The van der Waals surface area contributed by atoms with Crippen molar-refractivity contribution in [3.63, 3.8) is 0 Å². The van der Waals surface area contributed by atoms with Crippen molar-refractivity contribution < 1.29 is 4.79 Å². The average molecular weight is 306 g/mol. The number of aldehydes is 1. The Morgan fingerprint density at radius 3 is 3.00 bits per heavy atom. The second-order valence-electron chi connectivity index (χ2n) is 7.29. The van der Waals surface area contributed by atoms with E-state index in [1.807, 2.05) is 0 Å². The molecular weight excluding hydrogens is 284 g/mol. The van der Waals surface area contributed by atoms with Crippen molar-refractivity contribution in [1.82, 2.24) is 4.90 Å². The lowest BCUT2D eigenvalue weighted by atomic mass is 9.64. The molecular formula is C20H22N2O. The standard InChI is InChI=1S/C20H22N2O/c1-2-13-7-9-22-10-8-20-16-5-3-4-6-17(16)21-19(20)15(12-23)14(13)11-18(20)22/h2-6,12,14,18,21H,7-11H2,1H3. The molecule has 118 valence electrons. The SMILES string of the molecule is CC=C1CCN2CCC34C(=C(C=O)C1CC23)Nc1ccccc14. The number of rotatable bonds is 1. The monoisotopic (exact) mass is 306 g/mol. The van der Waals surface area contributed by atoms with Crippen LogP contribution in [0.5, 0.6) is 0 Å². The highest BCUT2D eigenvalue weighted by molar-refractivity contribution is 5.84. The third-order valence-corrected chi connectivity index (χ3v) is 6.67. The van der Waals surface area contributed by atoms with Crippen molar-refractivity contribution in [3.05, 3.63) is 52.7 Å². The highest BCUT2D eigenvalue weighted by atomic mass is 16.1. The number of nitrogens with one attached hydrogen (secondary N) is 1. The first-order valence-corrected chi connectivity index (χ1v) is 8.75. The molecule has 0 saturated carbocycles. The number of hydrogen-bond acceptors (Lipinski definition) is 3. The van der Waals surface area contributed by atoms with E-state index >= 15 is 0 Å². The van der Waals surface area contributed by atoms with E-state index in [-0.39, 0.29) is 5.41 Å². The summed E-state index contributed by atoms with van der Waals surface area (Å²) in [6.45, 7) is 4.39. The number of allylic oxidation sites excluding steroid dienone is 2. The van der Waals surface area contributed by atoms with E-state index in [0.717, 1.165) is 44.2 Å². The molecule has 23 heavy (non-hydrogen) atoms. The summed E-state index contributed by atoms with van der Waals surface area (Å²) in [7, 11) is 0. The van der Waals surface area contributed by atoms with Crippen molar-refractivity contribution in [3.8, 4) is 0 Å². The molecule has 3 unspecified atom stereocenters. The Bertz CT molecular complexity index is 763. The maximum Gasteiger partial charge on any atom is 0.148 e. The highest BCUT2D eigenvalue weighted by Crippen LogP contribution is 2.59. The number of carbonyl (C=O) groups is 1. The molecule has 3 nitrogen and oxygen atoms in total. The molecule has 5 rings (SSSR count). The number of para-hydroxylation sites is 1. The van der Waals surface area contributed by atoms with Crippen LogP contribution in [0.2, 0.25) is 0 Å². The van der Waals surface area contributed by atoms with Gasteiger partial charge >= 0.3 is 0 Å². The van der Waals surface area contributed by atoms with Crippen LogP contribution in [0.25, 0.3) is 0 Å². The van der Waals surface area contributed by atoms with Gasteiger partial charge in [0.05, 0.1) is 5.41 Å². The van der Waals surface area contributed by atoms with Gasteiger partial charge in [-0.3, -0.25) is 9.69 Å². The maximum atomic E-state index is 12.1. The van der Waals surface area contributed by atoms with Crippen LogP contribution in [0.15, 0.2) is 47.2 Å². The lowest BCUT2D eigenvalue weighted by Gasteiger charge is -2.42. The molecule has 1 N–H and O–H groups in total. The van der Waals surface area contributed by atoms with Crippen LogP contribution >= 0.6 is 0 Å². The molecule has 3 atom stereocenters. The van der Waals surface area contributed by atoms with E-state index in [2.05, 4.69) is 47.5 Å². The van der Waals surface area contributed by atoms with Gasteiger partial charge in [0.15, 0.2) is 0 Å². The lowest BCUT2D eigenvalue weighted by molar-refractivity contribution is -0.105. The van der Waals surface area contributed by atoms with Gasteiger partial charge in [-0.15, -0.1) is 0 Å². The zero-order chi connectivity index (χ0) is 15.6. The van der Waals surface area contributed by atoms with Gasteiger partial charge in [0.2, 0.25) is 0 Å². The Balaban J connectivity index is 1.82. The number of nitrogens with zero attached hydrogens (tertiary/aromatic N) is 1. The lowest BCUT2D eigenvalue weighted by Crippen LogP contribution is -2.47. The fourth-order valence-corrected chi connectivity index (χ4v) is 5.68. The average Bonchev–Trinajstić information content (AvgIpc) is 3.07. The second kappa shape index (κ2) is 4.57. The predicted molar refractivity (Wildman–Crippen MR) is 91.3 cm³/mol. The van der Waals surface area contributed by atoms with Crippen molar-refractivity contribution in [2.45, 2.75) is 37.6 Å². The molecule has 2 bridgehead atoms. The van der Waals surface area contributed by atoms with Crippen molar-refractivity contribution in [2.24, 2.45) is 5.92 Å². The predicted octanol–water partition coefficient (Wildman–Crippen LogP) is 3.25. The zero-order valence-electron chi connectivity index (χ0n) is 13.5. The van der Waals surface area contributed by atoms with Gasteiger partial charge in [0.25, 0.3) is 0 Å². The minimum Gasteiger partial charge on any atom is -0.358 e. The van der Waals surface area contributed by atoms with Crippen molar-refractivity contribution in [1.29, 1.82) is 0 Å². The van der Waals surface area contributed by atoms with E-state index in [4.69, 9.17) is 0 Å². The Morgan fingerprint density at radius 2 is 2.17 bits per heavy atom. The van der Waals surface area contributed by atoms with E-state index in [9.17, 15) is 4.79 Å². The van der Waals surface area contributed by atoms with Crippen LogP contribution in [0.4, 0.5) is 5.69 Å². The Hall–Kier alpha value is -1.87. The summed E-state index contributed by atoms with van der Waals surface area (Å²) in [5, 5.41) is 3.65. The highest BCUT2D eigenvalue weighted by Gasteiger charge is 2.59. The van der Waals surface area contributed by atoms with Crippen LogP contribution in [0, 0.1) is 5.92 Å². The molecule has 1 aromatic carbocycles. The molecule has 0 radical (unpaired) electrons. The van der Waals surface area contributed by atoms with Gasteiger partial charge in [0, 0.05) is 35.5 Å². The molecule has 0 amide bonds. The normalized spacial score (nSPS) is 36.5. The Kier molecular flexibility index (Phi) is 2.70. The van der Waals surface area contributed by atoms with E-state index in [1.54, 1.807) is 0 Å². The molecule has 4 aliphatic rings. The molecule has 1 aromatic rings. The van der Waals surface area contributed by atoms with Gasteiger partial charge in [-0.1, -0.05) is 29.8 Å². The summed E-state index contributed by atoms with van der Waals surface area (Å²) in [6, 6.07) is 9.18. The van der Waals surface area contributed by atoms with Gasteiger partial charge in [-0.25, -0.2) is 0 Å². The van der Waals surface area contributed by atoms with Gasteiger partial charge < -0.3 is 5.32 Å². The molecule has 0 aromatic heterocycles. The van der Waals surface area contributed by atoms with Crippen LogP contribution in [-0.4, -0.2) is 30.3 Å². The van der Waals surface area contributed by atoms with Gasteiger partial charge in [0.1, 0.15) is 6.29 Å². The number of carbonyl (C=O) groups excluding carboxylic acids is 1. The first-order chi connectivity index (χ1) is 11.3. The molecule has 3 aliphatic heterocycles. The summed E-state index contributed by atoms with van der Waals surface area (Å²) >= 11 is 0. The first-order valence-electron chi connectivity index (χ1n) is 8.75. The third-order valence-electron chi connectivity index (χ3n) is 6.67. The maximum absolute atomic E-state index is 12.1. The van der Waals surface area contributed by atoms with E-state index in [0.29, 0.717) is 12.0 Å². The summed E-state index contributed by atoms with van der Waals surface area (Å²) < 4.78 is 0. The van der Waals surface area contributed by atoms with Crippen LogP contribution in [0.1, 0.15) is 31.7 Å². The molecule has 2 fully saturated rings. The summed E-state index contributed by atoms with van der Waals surface area (Å²) in [6.07, 6.45) is 6.69. The minimum absolute atomic E-state index is 0.0204. The zero-order valence-corrected chi connectivity index (χ0v) is 13.5. The molecule has 1 spiro atoms. The molecule has 3 heterocycles.